The predicted octanol–water partition coefficient (Wildman–Crippen LogP) is 2.45. The van der Waals surface area contributed by atoms with E-state index in [-0.39, 0.29) is 11.6 Å². The molecule has 3 aromatic rings. The molecule has 6 nitrogen and oxygen atoms in total. The smallest absolute Gasteiger partial charge is 0.261 e. The van der Waals surface area contributed by atoms with E-state index >= 15 is 0 Å². The van der Waals surface area contributed by atoms with E-state index in [1.54, 1.807) is 12.4 Å². The molecule has 0 aliphatic carbocycles. The van der Waals surface area contributed by atoms with Crippen LogP contribution in [0.15, 0.2) is 41.6 Å². The van der Waals surface area contributed by atoms with Crippen LogP contribution in [0.1, 0.15) is 24.4 Å². The van der Waals surface area contributed by atoms with Crippen molar-refractivity contribution in [3.05, 3.63) is 58.2 Å². The summed E-state index contributed by atoms with van der Waals surface area (Å²) in [7, 11) is 2.12. The highest BCUT2D eigenvalue weighted by atomic mass is 16.1. The number of aromatic amines is 1. The maximum atomic E-state index is 12.9. The molecular weight excluding hydrogens is 326 g/mol. The van der Waals surface area contributed by atoms with Crippen molar-refractivity contribution in [2.24, 2.45) is 0 Å². The van der Waals surface area contributed by atoms with Crippen LogP contribution in [-0.2, 0) is 0 Å². The molecule has 134 valence electrons. The Morgan fingerprint density at radius 2 is 2.00 bits per heavy atom. The Morgan fingerprint density at radius 3 is 2.73 bits per heavy atom. The molecule has 1 saturated heterocycles. The molecular formula is C20H23N5O. The Bertz CT molecular complexity index is 1070. The molecule has 26 heavy (non-hydrogen) atoms. The zero-order valence-corrected chi connectivity index (χ0v) is 15.1. The number of pyridine rings is 1. The molecule has 2 aromatic heterocycles. The standard InChI is InChI=1S/C20H23N5O/c1-13-9-19(21)22-11-17(13)14-3-4-16-18(10-14)23-12-25(20(16)26)15-5-7-24(2)8-6-15/h3-4,9-12,15H,5-8H2,1-2H3,(H2,21,22). The van der Waals surface area contributed by atoms with Crippen LogP contribution in [-0.4, -0.2) is 39.6 Å². The van der Waals surface area contributed by atoms with Crippen molar-refractivity contribution in [3.63, 3.8) is 0 Å². The Hall–Kier alpha value is -2.73. The lowest BCUT2D eigenvalue weighted by atomic mass is 10.0. The number of likely N-dealkylation sites (tertiary alicyclic amines) is 1. The number of aromatic nitrogens is 3. The molecule has 0 radical (unpaired) electrons. The number of piperidine rings is 1. The van der Waals surface area contributed by atoms with Crippen LogP contribution in [0, 0.1) is 12.3 Å². The summed E-state index contributed by atoms with van der Waals surface area (Å²) in [6, 6.07) is 7.82. The number of benzene rings is 1. The van der Waals surface area contributed by atoms with Crippen LogP contribution in [0.2, 0.25) is 0 Å². The lowest BCUT2D eigenvalue weighted by molar-refractivity contribution is 0.218. The number of aryl methyl sites for hydroxylation is 1. The average Bonchev–Trinajstić information content (AvgIpc) is 2.63. The molecule has 1 fully saturated rings. The molecule has 3 heterocycles. The maximum Gasteiger partial charge on any atom is 0.261 e. The molecule has 1 aromatic carbocycles. The second kappa shape index (κ2) is 6.53. The Labute approximate surface area is 151 Å². The van der Waals surface area contributed by atoms with Crippen LogP contribution >= 0.6 is 0 Å². The minimum Gasteiger partial charge on any atom is -0.347 e. The summed E-state index contributed by atoms with van der Waals surface area (Å²) in [5, 5.41) is 8.33. The van der Waals surface area contributed by atoms with E-state index in [0.717, 1.165) is 42.6 Å². The number of nitrogens with one attached hydrogen (secondary N) is 2. The monoisotopic (exact) mass is 349 g/mol. The fourth-order valence-electron chi connectivity index (χ4n) is 3.75. The molecule has 0 bridgehead atoms. The quantitative estimate of drug-likeness (QED) is 0.746. The van der Waals surface area contributed by atoms with Gasteiger partial charge in [0.15, 0.2) is 0 Å². The van der Waals surface area contributed by atoms with Gasteiger partial charge in [0.05, 0.1) is 17.2 Å². The van der Waals surface area contributed by atoms with Crippen LogP contribution < -0.4 is 11.0 Å². The number of H-pyrrole nitrogens is 1. The molecule has 4 rings (SSSR count). The van der Waals surface area contributed by atoms with E-state index in [4.69, 9.17) is 5.41 Å². The summed E-state index contributed by atoms with van der Waals surface area (Å²) >= 11 is 0. The molecule has 1 aliphatic rings. The fourth-order valence-corrected chi connectivity index (χ4v) is 3.75. The summed E-state index contributed by atoms with van der Waals surface area (Å²) < 4.78 is 1.81. The molecule has 6 heteroatoms. The first kappa shape index (κ1) is 16.7. The van der Waals surface area contributed by atoms with E-state index in [9.17, 15) is 4.79 Å². The number of nitrogens with zero attached hydrogens (tertiary/aromatic N) is 3. The first-order valence-corrected chi connectivity index (χ1v) is 8.96. The largest absolute Gasteiger partial charge is 0.347 e. The van der Waals surface area contributed by atoms with Gasteiger partial charge in [0.25, 0.3) is 5.56 Å². The van der Waals surface area contributed by atoms with Gasteiger partial charge in [-0.3, -0.25) is 14.8 Å². The highest BCUT2D eigenvalue weighted by Crippen LogP contribution is 2.25. The molecule has 2 N–H and O–H groups in total. The van der Waals surface area contributed by atoms with Crippen molar-refractivity contribution in [1.82, 2.24) is 19.4 Å². The second-order valence-electron chi connectivity index (χ2n) is 7.17. The average molecular weight is 349 g/mol. The Balaban J connectivity index is 1.75. The molecule has 0 amide bonds. The predicted molar refractivity (Wildman–Crippen MR) is 102 cm³/mol. The summed E-state index contributed by atoms with van der Waals surface area (Å²) in [6.45, 7) is 4.00. The topological polar surface area (TPSA) is 77.8 Å². The molecule has 0 atom stereocenters. The van der Waals surface area contributed by atoms with Gasteiger partial charge in [-0.1, -0.05) is 6.07 Å². The van der Waals surface area contributed by atoms with Crippen molar-refractivity contribution >= 4 is 10.9 Å². The number of fused-ring (bicyclic) bond motifs is 1. The minimum atomic E-state index is 0.0425. The lowest BCUT2D eigenvalue weighted by Gasteiger charge is -2.30. The van der Waals surface area contributed by atoms with E-state index in [1.807, 2.05) is 35.9 Å². The number of hydrogen-bond donors (Lipinski definition) is 2. The van der Waals surface area contributed by atoms with Gasteiger partial charge in [-0.25, -0.2) is 4.98 Å². The Kier molecular flexibility index (Phi) is 4.20. The minimum absolute atomic E-state index is 0.0425. The fraction of sp³-hybridized carbons (Fsp3) is 0.350. The summed E-state index contributed by atoms with van der Waals surface area (Å²) in [5.74, 6) is 0. The normalized spacial score (nSPS) is 16.2. The van der Waals surface area contributed by atoms with Crippen molar-refractivity contribution < 1.29 is 0 Å². The number of hydrogen-bond acceptors (Lipinski definition) is 4. The van der Waals surface area contributed by atoms with Gasteiger partial charge in [0.2, 0.25) is 0 Å². The second-order valence-corrected chi connectivity index (χ2v) is 7.17. The number of rotatable bonds is 2. The van der Waals surface area contributed by atoms with Gasteiger partial charge < -0.3 is 9.88 Å². The highest BCUT2D eigenvalue weighted by molar-refractivity contribution is 5.83. The van der Waals surface area contributed by atoms with E-state index < -0.39 is 0 Å². The van der Waals surface area contributed by atoms with Crippen molar-refractivity contribution in [1.29, 1.82) is 5.41 Å². The zero-order chi connectivity index (χ0) is 18.3. The lowest BCUT2D eigenvalue weighted by Crippen LogP contribution is -2.35. The van der Waals surface area contributed by atoms with E-state index in [0.29, 0.717) is 16.4 Å². The first-order valence-electron chi connectivity index (χ1n) is 8.96. The van der Waals surface area contributed by atoms with Gasteiger partial charge in [-0.15, -0.1) is 0 Å². The van der Waals surface area contributed by atoms with Crippen molar-refractivity contribution in [2.45, 2.75) is 25.8 Å². The van der Waals surface area contributed by atoms with Gasteiger partial charge >= 0.3 is 0 Å². The van der Waals surface area contributed by atoms with E-state index in [1.165, 1.54) is 0 Å². The third-order valence-corrected chi connectivity index (χ3v) is 5.33. The SMILES string of the molecule is Cc1cc(=N)[nH]cc1-c1ccc2c(=O)n(C3CCN(C)CC3)cnc2c1. The molecule has 0 spiro atoms. The highest BCUT2D eigenvalue weighted by Gasteiger charge is 2.20. The van der Waals surface area contributed by atoms with Crippen LogP contribution in [0.25, 0.3) is 22.0 Å². The van der Waals surface area contributed by atoms with Crippen molar-refractivity contribution in [2.75, 3.05) is 20.1 Å². The van der Waals surface area contributed by atoms with Gasteiger partial charge in [-0.2, -0.15) is 0 Å². The van der Waals surface area contributed by atoms with Gasteiger partial charge in [0.1, 0.15) is 5.49 Å². The van der Waals surface area contributed by atoms with Crippen LogP contribution in [0.4, 0.5) is 0 Å². The summed E-state index contributed by atoms with van der Waals surface area (Å²) in [4.78, 5) is 22.7. The first-order chi connectivity index (χ1) is 12.5. The molecule has 0 saturated carbocycles. The van der Waals surface area contributed by atoms with Crippen molar-refractivity contribution in [3.8, 4) is 11.1 Å². The third-order valence-electron chi connectivity index (χ3n) is 5.33. The zero-order valence-electron chi connectivity index (χ0n) is 15.1. The van der Waals surface area contributed by atoms with E-state index in [2.05, 4.69) is 21.9 Å². The maximum absolute atomic E-state index is 12.9. The van der Waals surface area contributed by atoms with Gasteiger partial charge in [0, 0.05) is 17.8 Å². The molecule has 0 unspecified atom stereocenters. The van der Waals surface area contributed by atoms with Crippen LogP contribution in [0.5, 0.6) is 0 Å². The van der Waals surface area contributed by atoms with Gasteiger partial charge in [-0.05, 0) is 69.2 Å². The Morgan fingerprint density at radius 1 is 1.23 bits per heavy atom. The third kappa shape index (κ3) is 2.97. The summed E-state index contributed by atoms with van der Waals surface area (Å²) in [5.41, 5.74) is 4.17. The van der Waals surface area contributed by atoms with Crippen LogP contribution in [0.3, 0.4) is 0 Å². The summed E-state index contributed by atoms with van der Waals surface area (Å²) in [6.07, 6.45) is 5.50. The molecule has 1 aliphatic heterocycles.